The van der Waals surface area contributed by atoms with Gasteiger partial charge in [0.1, 0.15) is 5.82 Å². The second-order valence-corrected chi connectivity index (χ2v) is 10.8. The minimum Gasteiger partial charge on any atom is -0.338 e. The molecule has 3 aromatic rings. The van der Waals surface area contributed by atoms with E-state index in [1.54, 1.807) is 15.8 Å². The van der Waals surface area contributed by atoms with E-state index >= 15 is 0 Å². The zero-order valence-electron chi connectivity index (χ0n) is 24.7. The number of amides is 3. The van der Waals surface area contributed by atoms with E-state index in [0.29, 0.717) is 18.7 Å². The van der Waals surface area contributed by atoms with Gasteiger partial charge in [0.2, 0.25) is 0 Å². The average molecular weight is 559 g/mol. The monoisotopic (exact) mass is 558 g/mol. The van der Waals surface area contributed by atoms with E-state index in [1.807, 2.05) is 61.3 Å². The van der Waals surface area contributed by atoms with Crippen LogP contribution in [0.2, 0.25) is 0 Å². The van der Waals surface area contributed by atoms with Crippen LogP contribution < -0.4 is 15.5 Å². The molecular formula is C31H42N8O2. The summed E-state index contributed by atoms with van der Waals surface area (Å²) >= 11 is 0. The molecule has 5 rings (SSSR count). The highest BCUT2D eigenvalue weighted by Crippen LogP contribution is 2.36. The Balaban J connectivity index is 1.19. The summed E-state index contributed by atoms with van der Waals surface area (Å²) in [4.78, 5) is 35.3. The Bertz CT molecular complexity index is 1370. The van der Waals surface area contributed by atoms with Crippen molar-refractivity contribution in [2.75, 3.05) is 62.6 Å². The summed E-state index contributed by atoms with van der Waals surface area (Å²) in [7, 11) is 1.89. The number of aryl methyl sites for hydroxylation is 2. The van der Waals surface area contributed by atoms with Crippen molar-refractivity contribution in [3.63, 3.8) is 0 Å². The van der Waals surface area contributed by atoms with Crippen molar-refractivity contribution in [1.82, 2.24) is 29.8 Å². The van der Waals surface area contributed by atoms with Crippen molar-refractivity contribution in [3.05, 3.63) is 70.9 Å². The lowest BCUT2D eigenvalue weighted by Crippen LogP contribution is -2.52. The van der Waals surface area contributed by atoms with Crippen LogP contribution in [-0.4, -0.2) is 88.8 Å². The maximum atomic E-state index is 13.8. The topological polar surface area (TPSA) is 89.0 Å². The van der Waals surface area contributed by atoms with Crippen LogP contribution in [0.25, 0.3) is 0 Å². The standard InChI is InChI=1S/C31H42N8O2/c1-5-36(6-2)13-14-37-15-17-38(18-16-37)31(41)32-20-25-12-11-24(19-23(25)3)30(40)39-22-26-21-33-35(4)29(26)34-27-9-7-8-10-28(27)39/h7-12,19,21,34H,5-6,13-18,20,22H2,1-4H3,(H,32,41). The van der Waals surface area contributed by atoms with Gasteiger partial charge >= 0.3 is 6.03 Å². The van der Waals surface area contributed by atoms with Crippen LogP contribution in [0, 0.1) is 6.92 Å². The summed E-state index contributed by atoms with van der Waals surface area (Å²) in [6.07, 6.45) is 1.80. The summed E-state index contributed by atoms with van der Waals surface area (Å²) in [6.45, 7) is 14.8. The van der Waals surface area contributed by atoms with Crippen molar-refractivity contribution >= 4 is 29.1 Å². The third-order valence-electron chi connectivity index (χ3n) is 8.34. The molecule has 0 spiro atoms. The number of aromatic nitrogens is 2. The predicted octanol–water partition coefficient (Wildman–Crippen LogP) is 3.80. The van der Waals surface area contributed by atoms with E-state index in [-0.39, 0.29) is 11.9 Å². The maximum absolute atomic E-state index is 13.8. The first-order valence-electron chi connectivity index (χ1n) is 14.6. The summed E-state index contributed by atoms with van der Waals surface area (Å²) in [5.74, 6) is 0.810. The molecule has 1 fully saturated rings. The Kier molecular flexibility index (Phi) is 8.90. The second kappa shape index (κ2) is 12.7. The van der Waals surface area contributed by atoms with Crippen molar-refractivity contribution in [1.29, 1.82) is 0 Å². The van der Waals surface area contributed by atoms with Gasteiger partial charge in [-0.3, -0.25) is 14.4 Å². The number of urea groups is 1. The molecular weight excluding hydrogens is 516 g/mol. The van der Waals surface area contributed by atoms with Gasteiger partial charge in [-0.05, 0) is 55.4 Å². The fraction of sp³-hybridized carbons (Fsp3) is 0.452. The van der Waals surface area contributed by atoms with Gasteiger partial charge in [0, 0.05) is 64.0 Å². The van der Waals surface area contributed by atoms with Gasteiger partial charge in [0.05, 0.1) is 24.1 Å². The number of rotatable bonds is 8. The van der Waals surface area contributed by atoms with Crippen LogP contribution in [0.1, 0.15) is 40.9 Å². The highest BCUT2D eigenvalue weighted by atomic mass is 16.2. The molecule has 10 heteroatoms. The minimum atomic E-state index is -0.0755. The normalized spacial score (nSPS) is 15.2. The number of benzene rings is 2. The lowest BCUT2D eigenvalue weighted by Gasteiger charge is -2.35. The molecule has 10 nitrogen and oxygen atoms in total. The zero-order chi connectivity index (χ0) is 28.9. The third-order valence-corrected chi connectivity index (χ3v) is 8.34. The quantitative estimate of drug-likeness (QED) is 0.437. The largest absolute Gasteiger partial charge is 0.338 e. The Morgan fingerprint density at radius 1 is 1.05 bits per heavy atom. The molecule has 41 heavy (non-hydrogen) atoms. The number of anilines is 3. The second-order valence-electron chi connectivity index (χ2n) is 10.8. The number of nitrogens with zero attached hydrogens (tertiary/aromatic N) is 6. The number of nitrogens with one attached hydrogen (secondary N) is 2. The van der Waals surface area contributed by atoms with Gasteiger partial charge in [-0.25, -0.2) is 4.79 Å². The molecule has 3 heterocycles. The van der Waals surface area contributed by atoms with Crippen LogP contribution in [0.15, 0.2) is 48.7 Å². The SMILES string of the molecule is CCN(CC)CCN1CCN(C(=O)NCc2ccc(C(=O)N3Cc4cnn(C)c4Nc4ccccc43)cc2C)CC1. The number of piperazine rings is 1. The fourth-order valence-electron chi connectivity index (χ4n) is 5.60. The van der Waals surface area contributed by atoms with E-state index in [4.69, 9.17) is 0 Å². The summed E-state index contributed by atoms with van der Waals surface area (Å²) in [5.41, 5.74) is 5.24. The molecule has 1 aromatic heterocycles. The first-order chi connectivity index (χ1) is 19.9. The van der Waals surface area contributed by atoms with E-state index < -0.39 is 0 Å². The molecule has 218 valence electrons. The predicted molar refractivity (Wildman–Crippen MR) is 163 cm³/mol. The van der Waals surface area contributed by atoms with E-state index in [0.717, 1.165) is 86.2 Å². The van der Waals surface area contributed by atoms with Crippen LogP contribution in [0.4, 0.5) is 22.0 Å². The molecule has 2 N–H and O–H groups in total. The smallest absolute Gasteiger partial charge is 0.317 e. The number of hydrogen-bond donors (Lipinski definition) is 2. The molecule has 2 aliphatic rings. The van der Waals surface area contributed by atoms with Gasteiger partial charge in [-0.15, -0.1) is 0 Å². The number of para-hydroxylation sites is 2. The number of carbonyl (C=O) groups is 2. The minimum absolute atomic E-state index is 0.0334. The number of likely N-dealkylation sites (N-methyl/N-ethyl adjacent to an activating group) is 1. The molecule has 0 bridgehead atoms. The first kappa shape index (κ1) is 28.6. The Hall–Kier alpha value is -3.89. The van der Waals surface area contributed by atoms with Crippen molar-refractivity contribution in [2.24, 2.45) is 7.05 Å². The Labute approximate surface area is 242 Å². The highest BCUT2D eigenvalue weighted by Gasteiger charge is 2.27. The first-order valence-corrected chi connectivity index (χ1v) is 14.6. The molecule has 2 aromatic carbocycles. The summed E-state index contributed by atoms with van der Waals surface area (Å²) in [5, 5.41) is 10.9. The van der Waals surface area contributed by atoms with Crippen LogP contribution in [0.5, 0.6) is 0 Å². The lowest BCUT2D eigenvalue weighted by molar-refractivity contribution is 0.0985. The van der Waals surface area contributed by atoms with Crippen LogP contribution in [0.3, 0.4) is 0 Å². The van der Waals surface area contributed by atoms with Crippen molar-refractivity contribution < 1.29 is 9.59 Å². The van der Waals surface area contributed by atoms with E-state index in [2.05, 4.69) is 39.4 Å². The van der Waals surface area contributed by atoms with Crippen molar-refractivity contribution in [3.8, 4) is 0 Å². The molecule has 3 amide bonds. The van der Waals surface area contributed by atoms with Crippen molar-refractivity contribution in [2.45, 2.75) is 33.9 Å². The van der Waals surface area contributed by atoms with Gasteiger partial charge in [0.15, 0.2) is 0 Å². The van der Waals surface area contributed by atoms with Gasteiger partial charge in [-0.1, -0.05) is 32.0 Å². The average Bonchev–Trinajstić information content (AvgIpc) is 3.24. The molecule has 0 aliphatic carbocycles. The van der Waals surface area contributed by atoms with E-state index in [9.17, 15) is 9.59 Å². The third kappa shape index (κ3) is 6.39. The van der Waals surface area contributed by atoms with E-state index in [1.165, 1.54) is 0 Å². The van der Waals surface area contributed by atoms with Gasteiger partial charge < -0.3 is 25.3 Å². The molecule has 0 saturated carbocycles. The molecule has 0 radical (unpaired) electrons. The van der Waals surface area contributed by atoms with Crippen LogP contribution >= 0.6 is 0 Å². The Morgan fingerprint density at radius 2 is 1.80 bits per heavy atom. The number of fused-ring (bicyclic) bond motifs is 2. The summed E-state index contributed by atoms with van der Waals surface area (Å²) in [6, 6.07) is 13.5. The molecule has 2 aliphatic heterocycles. The van der Waals surface area contributed by atoms with Gasteiger partial charge in [0.25, 0.3) is 5.91 Å². The maximum Gasteiger partial charge on any atom is 0.317 e. The molecule has 0 unspecified atom stereocenters. The van der Waals surface area contributed by atoms with Gasteiger partial charge in [-0.2, -0.15) is 5.10 Å². The number of carbonyl (C=O) groups excluding carboxylic acids is 2. The summed E-state index contributed by atoms with van der Waals surface area (Å²) < 4.78 is 1.79. The zero-order valence-corrected chi connectivity index (χ0v) is 24.7. The number of hydrogen-bond acceptors (Lipinski definition) is 6. The van der Waals surface area contributed by atoms with Crippen LogP contribution in [-0.2, 0) is 20.1 Å². The molecule has 0 atom stereocenters. The highest BCUT2D eigenvalue weighted by molar-refractivity contribution is 6.08. The lowest BCUT2D eigenvalue weighted by atomic mass is 10.0. The fourth-order valence-corrected chi connectivity index (χ4v) is 5.60. The molecule has 1 saturated heterocycles. The Morgan fingerprint density at radius 3 is 2.54 bits per heavy atom.